The lowest BCUT2D eigenvalue weighted by molar-refractivity contribution is 0.151. The first-order chi connectivity index (χ1) is 9.69. The molecule has 20 heavy (non-hydrogen) atoms. The van der Waals surface area contributed by atoms with E-state index in [0.29, 0.717) is 0 Å². The van der Waals surface area contributed by atoms with Crippen molar-refractivity contribution in [3.05, 3.63) is 12.2 Å². The largest absolute Gasteiger partial charge is 0.266 e. The van der Waals surface area contributed by atoms with Gasteiger partial charge in [-0.2, -0.15) is 8.78 Å². The van der Waals surface area contributed by atoms with Crippen LogP contribution in [0.25, 0.3) is 0 Å². The highest BCUT2D eigenvalue weighted by Gasteiger charge is 2.30. The lowest BCUT2D eigenvalue weighted by Gasteiger charge is -2.37. The Kier molecular flexibility index (Phi) is 6.51. The number of unbranched alkanes of at least 4 members (excludes halogenated alkanes) is 1. The summed E-state index contributed by atoms with van der Waals surface area (Å²) in [7, 11) is 0. The molecule has 2 heteroatoms. The first-order valence-corrected chi connectivity index (χ1v) is 8.71. The van der Waals surface area contributed by atoms with E-state index >= 15 is 0 Å². The van der Waals surface area contributed by atoms with Gasteiger partial charge < -0.3 is 0 Å². The molecule has 2 aliphatic carbocycles. The number of hydrogen-bond acceptors (Lipinski definition) is 0. The molecule has 0 amide bonds. The minimum atomic E-state index is -1.48. The molecule has 2 aliphatic rings. The van der Waals surface area contributed by atoms with Crippen LogP contribution in [0.2, 0.25) is 0 Å². The van der Waals surface area contributed by atoms with Crippen molar-refractivity contribution in [3.8, 4) is 0 Å². The summed E-state index contributed by atoms with van der Waals surface area (Å²) in [5, 5.41) is 0. The van der Waals surface area contributed by atoms with Gasteiger partial charge in [-0.3, -0.25) is 0 Å². The van der Waals surface area contributed by atoms with Gasteiger partial charge in [-0.15, -0.1) is 0 Å². The Labute approximate surface area is 123 Å². The summed E-state index contributed by atoms with van der Waals surface area (Å²) >= 11 is 0. The van der Waals surface area contributed by atoms with Crippen molar-refractivity contribution in [2.45, 2.75) is 77.6 Å². The Morgan fingerprint density at radius 1 is 0.900 bits per heavy atom. The normalized spacial score (nSPS) is 34.8. The Morgan fingerprint density at radius 3 is 1.95 bits per heavy atom. The summed E-state index contributed by atoms with van der Waals surface area (Å²) in [6.07, 6.45) is 13.8. The summed E-state index contributed by atoms with van der Waals surface area (Å²) in [6.45, 7) is 2.28. The lowest BCUT2D eigenvalue weighted by Crippen LogP contribution is -2.25. The van der Waals surface area contributed by atoms with Crippen LogP contribution >= 0.6 is 0 Å². The Hall–Kier alpha value is -0.400. The zero-order valence-electron chi connectivity index (χ0n) is 12.9. The van der Waals surface area contributed by atoms with Crippen LogP contribution in [-0.4, -0.2) is 0 Å². The van der Waals surface area contributed by atoms with Crippen molar-refractivity contribution in [2.24, 2.45) is 23.7 Å². The molecule has 0 nitrogen and oxygen atoms in total. The van der Waals surface area contributed by atoms with Gasteiger partial charge in [-0.05, 0) is 68.3 Å². The van der Waals surface area contributed by atoms with Crippen LogP contribution in [0.15, 0.2) is 12.2 Å². The van der Waals surface area contributed by atoms with Crippen LogP contribution in [0.4, 0.5) is 8.78 Å². The molecule has 0 aromatic carbocycles. The first-order valence-electron chi connectivity index (χ1n) is 8.71. The first kappa shape index (κ1) is 16.0. The van der Waals surface area contributed by atoms with Crippen LogP contribution in [0, 0.1) is 23.7 Å². The van der Waals surface area contributed by atoms with E-state index in [1.165, 1.54) is 63.9 Å². The molecule has 0 aromatic rings. The maximum absolute atomic E-state index is 12.3. The molecule has 2 saturated carbocycles. The van der Waals surface area contributed by atoms with Gasteiger partial charge in [0.05, 0.1) is 0 Å². The molecule has 0 heterocycles. The van der Waals surface area contributed by atoms with E-state index < -0.39 is 6.08 Å². The monoisotopic (exact) mass is 284 g/mol. The molecule has 0 atom stereocenters. The third kappa shape index (κ3) is 4.86. The topological polar surface area (TPSA) is 0 Å². The molecular formula is C18H30F2. The van der Waals surface area contributed by atoms with Crippen molar-refractivity contribution in [1.29, 1.82) is 0 Å². The van der Waals surface area contributed by atoms with Gasteiger partial charge in [0, 0.05) is 0 Å². The molecule has 0 saturated heterocycles. The molecular weight excluding hydrogens is 254 g/mol. The molecule has 116 valence electrons. The van der Waals surface area contributed by atoms with Gasteiger partial charge in [-0.25, -0.2) is 0 Å². The maximum atomic E-state index is 12.3. The molecule has 0 bridgehead atoms. The minimum absolute atomic E-state index is 0.150. The van der Waals surface area contributed by atoms with Crippen molar-refractivity contribution in [3.63, 3.8) is 0 Å². The van der Waals surface area contributed by atoms with E-state index in [9.17, 15) is 8.78 Å². The summed E-state index contributed by atoms with van der Waals surface area (Å²) in [6, 6.07) is 0. The van der Waals surface area contributed by atoms with E-state index in [2.05, 4.69) is 6.92 Å². The highest BCUT2D eigenvalue weighted by molar-refractivity contribution is 4.92. The third-order valence-electron chi connectivity index (χ3n) is 5.70. The van der Waals surface area contributed by atoms with Crippen LogP contribution < -0.4 is 0 Å². The molecule has 0 radical (unpaired) electrons. The van der Waals surface area contributed by atoms with Gasteiger partial charge in [-0.1, -0.05) is 39.0 Å². The van der Waals surface area contributed by atoms with Gasteiger partial charge >= 0.3 is 0 Å². The molecule has 0 spiro atoms. The van der Waals surface area contributed by atoms with Crippen LogP contribution in [0.5, 0.6) is 0 Å². The molecule has 2 rings (SSSR count). The predicted molar refractivity (Wildman–Crippen MR) is 80.7 cm³/mol. The third-order valence-corrected chi connectivity index (χ3v) is 5.70. The van der Waals surface area contributed by atoms with Gasteiger partial charge in [0.1, 0.15) is 0 Å². The zero-order valence-corrected chi connectivity index (χ0v) is 12.9. The number of allylic oxidation sites excluding steroid dienone is 1. The Bertz CT molecular complexity index is 291. The average molecular weight is 284 g/mol. The average Bonchev–Trinajstić information content (AvgIpc) is 2.46. The Balaban J connectivity index is 1.69. The predicted octanol–water partition coefficient (Wildman–Crippen LogP) is 6.57. The van der Waals surface area contributed by atoms with E-state index in [1.54, 1.807) is 0 Å². The van der Waals surface area contributed by atoms with E-state index in [4.69, 9.17) is 0 Å². The smallest absolute Gasteiger partial charge is 0.174 e. The highest BCUT2D eigenvalue weighted by atomic mass is 19.3. The van der Waals surface area contributed by atoms with E-state index in [-0.39, 0.29) is 5.92 Å². The second kappa shape index (κ2) is 8.14. The fraction of sp³-hybridized carbons (Fsp3) is 0.889. The number of hydrogen-bond donors (Lipinski definition) is 0. The summed E-state index contributed by atoms with van der Waals surface area (Å²) < 4.78 is 24.6. The number of halogens is 2. The quantitative estimate of drug-likeness (QED) is 0.535. The van der Waals surface area contributed by atoms with Crippen LogP contribution in [0.1, 0.15) is 77.6 Å². The minimum Gasteiger partial charge on any atom is -0.174 e. The van der Waals surface area contributed by atoms with Gasteiger partial charge in [0.25, 0.3) is 6.08 Å². The second-order valence-corrected chi connectivity index (χ2v) is 7.05. The maximum Gasteiger partial charge on any atom is 0.266 e. The SMILES string of the molecule is CCCCC1CCC(C2CCC(C=C(F)F)CC2)CC1. The summed E-state index contributed by atoms with van der Waals surface area (Å²) in [4.78, 5) is 0. The number of rotatable bonds is 5. The fourth-order valence-electron chi connectivity index (χ4n) is 4.40. The van der Waals surface area contributed by atoms with Crippen LogP contribution in [-0.2, 0) is 0 Å². The molecule has 2 fully saturated rings. The second-order valence-electron chi connectivity index (χ2n) is 7.05. The highest BCUT2D eigenvalue weighted by Crippen LogP contribution is 2.42. The standard InChI is InChI=1S/C18H30F2/c1-2-3-4-14-5-9-16(10-6-14)17-11-7-15(8-12-17)13-18(19)20/h13-17H,2-12H2,1H3. The van der Waals surface area contributed by atoms with Crippen molar-refractivity contribution in [2.75, 3.05) is 0 Å². The van der Waals surface area contributed by atoms with Crippen molar-refractivity contribution in [1.82, 2.24) is 0 Å². The molecule has 0 aliphatic heterocycles. The van der Waals surface area contributed by atoms with Gasteiger partial charge in [0.15, 0.2) is 0 Å². The fourth-order valence-corrected chi connectivity index (χ4v) is 4.40. The van der Waals surface area contributed by atoms with E-state index in [0.717, 1.165) is 30.6 Å². The molecule has 0 N–H and O–H groups in total. The zero-order chi connectivity index (χ0) is 14.4. The molecule has 0 unspecified atom stereocenters. The summed E-state index contributed by atoms with van der Waals surface area (Å²) in [5.74, 6) is 2.85. The lowest BCUT2D eigenvalue weighted by atomic mass is 9.68. The van der Waals surface area contributed by atoms with E-state index in [1.807, 2.05) is 0 Å². The van der Waals surface area contributed by atoms with Crippen molar-refractivity contribution < 1.29 is 8.78 Å². The van der Waals surface area contributed by atoms with Crippen LogP contribution in [0.3, 0.4) is 0 Å². The van der Waals surface area contributed by atoms with Crippen molar-refractivity contribution >= 4 is 0 Å². The molecule has 0 aromatic heterocycles. The Morgan fingerprint density at radius 2 is 1.45 bits per heavy atom. The van der Waals surface area contributed by atoms with Gasteiger partial charge in [0.2, 0.25) is 0 Å². The summed E-state index contributed by atoms with van der Waals surface area (Å²) in [5.41, 5.74) is 0.